The summed E-state index contributed by atoms with van der Waals surface area (Å²) in [6, 6.07) is 6.60. The van der Waals surface area contributed by atoms with Gasteiger partial charge in [-0.2, -0.15) is 0 Å². The van der Waals surface area contributed by atoms with Crippen LogP contribution in [0.15, 0.2) is 36.9 Å². The molecule has 1 aromatic rings. The first kappa shape index (κ1) is 17.2. The summed E-state index contributed by atoms with van der Waals surface area (Å²) in [7, 11) is 0. The third kappa shape index (κ3) is 3.97. The minimum Gasteiger partial charge on any atom is -0.362 e. The van der Waals surface area contributed by atoms with Crippen molar-refractivity contribution in [2.24, 2.45) is 11.8 Å². The Morgan fingerprint density at radius 1 is 1.23 bits per heavy atom. The van der Waals surface area contributed by atoms with Crippen molar-refractivity contribution in [3.63, 3.8) is 0 Å². The fourth-order valence-electron chi connectivity index (χ4n) is 3.20. The second-order valence-electron chi connectivity index (χ2n) is 6.08. The predicted octanol–water partition coefficient (Wildman–Crippen LogP) is 3.82. The molecular formula is C18H23ClO3. The zero-order chi connectivity index (χ0) is 16.2. The van der Waals surface area contributed by atoms with Gasteiger partial charge in [0.15, 0.2) is 5.79 Å². The molecule has 1 saturated carbocycles. The first-order chi connectivity index (χ1) is 10.4. The highest BCUT2D eigenvalue weighted by Gasteiger charge is 2.39. The monoisotopic (exact) mass is 322 g/mol. The molecule has 0 unspecified atom stereocenters. The van der Waals surface area contributed by atoms with Crippen LogP contribution in [-0.2, 0) is 10.6 Å². The largest absolute Gasteiger partial charge is 0.362 e. The number of halogens is 1. The van der Waals surface area contributed by atoms with Gasteiger partial charge < -0.3 is 10.2 Å². The predicted molar refractivity (Wildman–Crippen MR) is 87.5 cm³/mol. The molecular weight excluding hydrogens is 300 g/mol. The second-order valence-corrected chi connectivity index (χ2v) is 6.51. The maximum absolute atomic E-state index is 12.0. The maximum atomic E-state index is 12.0. The minimum atomic E-state index is -1.86. The number of allylic oxidation sites excluding steroid dienone is 1. The molecule has 0 radical (unpaired) electrons. The summed E-state index contributed by atoms with van der Waals surface area (Å²) in [4.78, 5) is 12.0. The van der Waals surface area contributed by atoms with Crippen molar-refractivity contribution in [2.75, 3.05) is 0 Å². The van der Waals surface area contributed by atoms with E-state index < -0.39 is 5.79 Å². The van der Waals surface area contributed by atoms with Crippen molar-refractivity contribution < 1.29 is 15.0 Å². The number of carbonyl (C=O) groups is 1. The van der Waals surface area contributed by atoms with E-state index in [1.165, 1.54) is 0 Å². The first-order valence-electron chi connectivity index (χ1n) is 7.79. The average Bonchev–Trinajstić information content (AvgIpc) is 2.53. The van der Waals surface area contributed by atoms with Crippen LogP contribution in [-0.4, -0.2) is 16.0 Å². The van der Waals surface area contributed by atoms with E-state index in [1.54, 1.807) is 30.3 Å². The lowest BCUT2D eigenvalue weighted by molar-refractivity contribution is -0.218. The van der Waals surface area contributed by atoms with E-state index in [9.17, 15) is 15.0 Å². The maximum Gasteiger partial charge on any atom is 0.192 e. The Hall–Kier alpha value is -1.16. The number of aliphatic hydroxyl groups is 2. The number of carbonyl (C=O) groups excluding carboxylic acids is 1. The average molecular weight is 323 g/mol. The van der Waals surface area contributed by atoms with Gasteiger partial charge in [0, 0.05) is 28.8 Å². The van der Waals surface area contributed by atoms with E-state index in [4.69, 9.17) is 11.6 Å². The number of hydrogen-bond donors (Lipinski definition) is 2. The number of benzene rings is 1. The van der Waals surface area contributed by atoms with Gasteiger partial charge in [-0.15, -0.1) is 6.58 Å². The highest BCUT2D eigenvalue weighted by molar-refractivity contribution is 6.30. The SMILES string of the molecule is C=CCCC(=O)C1CCC(C(O)(O)c2ccc(Cl)cc2)CC1. The molecule has 120 valence electrons. The van der Waals surface area contributed by atoms with Crippen molar-refractivity contribution >= 4 is 17.4 Å². The van der Waals surface area contributed by atoms with Gasteiger partial charge in [-0.05, 0) is 44.2 Å². The Labute approximate surface area is 136 Å². The van der Waals surface area contributed by atoms with E-state index in [1.807, 2.05) is 0 Å². The molecule has 0 atom stereocenters. The Bertz CT molecular complexity index is 514. The summed E-state index contributed by atoms with van der Waals surface area (Å²) in [6.07, 6.45) is 5.73. The van der Waals surface area contributed by atoms with Crippen molar-refractivity contribution in [3.8, 4) is 0 Å². The van der Waals surface area contributed by atoms with Crippen LogP contribution in [0.2, 0.25) is 5.02 Å². The van der Waals surface area contributed by atoms with Gasteiger partial charge in [-0.1, -0.05) is 29.8 Å². The summed E-state index contributed by atoms with van der Waals surface area (Å²) in [5.74, 6) is -1.79. The number of ketones is 1. The Morgan fingerprint density at radius 3 is 2.36 bits per heavy atom. The van der Waals surface area contributed by atoms with Crippen LogP contribution in [0.4, 0.5) is 0 Å². The molecule has 2 rings (SSSR count). The summed E-state index contributed by atoms with van der Waals surface area (Å²) in [5.41, 5.74) is 0.457. The van der Waals surface area contributed by atoms with E-state index in [0.29, 0.717) is 36.3 Å². The molecule has 0 aromatic heterocycles. The molecule has 1 aromatic carbocycles. The lowest BCUT2D eigenvalue weighted by Crippen LogP contribution is -2.38. The number of rotatable bonds is 6. The van der Waals surface area contributed by atoms with Gasteiger partial charge >= 0.3 is 0 Å². The molecule has 22 heavy (non-hydrogen) atoms. The zero-order valence-electron chi connectivity index (χ0n) is 12.7. The summed E-state index contributed by atoms with van der Waals surface area (Å²) in [5, 5.41) is 21.5. The van der Waals surface area contributed by atoms with Crippen LogP contribution in [0.3, 0.4) is 0 Å². The molecule has 3 nitrogen and oxygen atoms in total. The fraction of sp³-hybridized carbons (Fsp3) is 0.500. The Kier molecular flexibility index (Phi) is 5.79. The molecule has 1 aliphatic carbocycles. The van der Waals surface area contributed by atoms with Crippen LogP contribution in [0.1, 0.15) is 44.1 Å². The molecule has 0 spiro atoms. The third-order valence-corrected chi connectivity index (χ3v) is 4.87. The van der Waals surface area contributed by atoms with Crippen molar-refractivity contribution in [3.05, 3.63) is 47.5 Å². The van der Waals surface area contributed by atoms with Crippen LogP contribution >= 0.6 is 11.6 Å². The summed E-state index contributed by atoms with van der Waals surface area (Å²) < 4.78 is 0. The molecule has 0 aliphatic heterocycles. The van der Waals surface area contributed by atoms with Gasteiger partial charge in [0.25, 0.3) is 0 Å². The standard InChI is InChI=1S/C18H23ClO3/c1-2-3-4-17(20)13-5-7-14(8-6-13)18(21,22)15-9-11-16(19)12-10-15/h2,9-14,21-22H,1,3-8H2. The van der Waals surface area contributed by atoms with E-state index in [0.717, 1.165) is 12.8 Å². The molecule has 0 amide bonds. The Morgan fingerprint density at radius 2 is 1.82 bits per heavy atom. The van der Waals surface area contributed by atoms with Crippen LogP contribution in [0.5, 0.6) is 0 Å². The van der Waals surface area contributed by atoms with Crippen LogP contribution in [0, 0.1) is 11.8 Å². The van der Waals surface area contributed by atoms with Gasteiger partial charge in [0.05, 0.1) is 0 Å². The van der Waals surface area contributed by atoms with E-state index in [-0.39, 0.29) is 17.6 Å². The smallest absolute Gasteiger partial charge is 0.192 e. The van der Waals surface area contributed by atoms with Gasteiger partial charge in [0.2, 0.25) is 0 Å². The fourth-order valence-corrected chi connectivity index (χ4v) is 3.32. The molecule has 1 aliphatic rings. The molecule has 0 heterocycles. The number of Topliss-reactive ketones (excluding diaryl/α,β-unsaturated/α-hetero) is 1. The molecule has 2 N–H and O–H groups in total. The first-order valence-corrected chi connectivity index (χ1v) is 8.17. The lowest BCUT2D eigenvalue weighted by Gasteiger charge is -2.36. The van der Waals surface area contributed by atoms with Crippen LogP contribution in [0.25, 0.3) is 0 Å². The molecule has 0 bridgehead atoms. The van der Waals surface area contributed by atoms with Gasteiger partial charge in [-0.3, -0.25) is 4.79 Å². The topological polar surface area (TPSA) is 57.5 Å². The third-order valence-electron chi connectivity index (χ3n) is 4.62. The van der Waals surface area contributed by atoms with Crippen molar-refractivity contribution in [2.45, 2.75) is 44.3 Å². The lowest BCUT2D eigenvalue weighted by atomic mass is 9.74. The number of hydrogen-bond acceptors (Lipinski definition) is 3. The highest BCUT2D eigenvalue weighted by atomic mass is 35.5. The van der Waals surface area contributed by atoms with Crippen LogP contribution < -0.4 is 0 Å². The minimum absolute atomic E-state index is 0.0530. The normalized spacial score (nSPS) is 22.3. The molecule has 0 saturated heterocycles. The zero-order valence-corrected chi connectivity index (χ0v) is 13.4. The summed E-state index contributed by atoms with van der Waals surface area (Å²) >= 11 is 5.84. The second kappa shape index (κ2) is 7.40. The molecule has 4 heteroatoms. The van der Waals surface area contributed by atoms with E-state index in [2.05, 4.69) is 6.58 Å². The van der Waals surface area contributed by atoms with Crippen molar-refractivity contribution in [1.29, 1.82) is 0 Å². The quantitative estimate of drug-likeness (QED) is 0.618. The highest BCUT2D eigenvalue weighted by Crippen LogP contribution is 2.40. The Balaban J connectivity index is 1.96. The van der Waals surface area contributed by atoms with E-state index >= 15 is 0 Å². The van der Waals surface area contributed by atoms with Crippen molar-refractivity contribution in [1.82, 2.24) is 0 Å². The van der Waals surface area contributed by atoms with Gasteiger partial charge in [-0.25, -0.2) is 0 Å². The van der Waals surface area contributed by atoms with Gasteiger partial charge in [0.1, 0.15) is 5.78 Å². The molecule has 1 fully saturated rings. The summed E-state index contributed by atoms with van der Waals surface area (Å²) in [6.45, 7) is 3.63.